The predicted molar refractivity (Wildman–Crippen MR) is 105 cm³/mol. The average Bonchev–Trinajstić information content (AvgIpc) is 2.87. The zero-order valence-electron chi connectivity index (χ0n) is 15.1. The number of hydrogen-bond acceptors (Lipinski definition) is 7. The largest absolute Gasteiger partial charge is 0.497 e. The van der Waals surface area contributed by atoms with Crippen molar-refractivity contribution in [1.29, 1.82) is 0 Å². The van der Waals surface area contributed by atoms with E-state index in [9.17, 15) is 9.59 Å². The minimum Gasteiger partial charge on any atom is -0.497 e. The van der Waals surface area contributed by atoms with E-state index in [1.54, 1.807) is 38.5 Å². The summed E-state index contributed by atoms with van der Waals surface area (Å²) in [6, 6.07) is 5.30. The van der Waals surface area contributed by atoms with E-state index in [1.807, 2.05) is 13.8 Å². The number of benzene rings is 1. The Kier molecular flexibility index (Phi) is 7.05. The van der Waals surface area contributed by atoms with Crippen LogP contribution in [0, 0.1) is 5.92 Å². The van der Waals surface area contributed by atoms with E-state index < -0.39 is 5.97 Å². The molecule has 6 nitrogen and oxygen atoms in total. The maximum Gasteiger partial charge on any atom is 0.326 e. The molecule has 0 aliphatic carbocycles. The highest BCUT2D eigenvalue weighted by atomic mass is 32.2. The fourth-order valence-corrected chi connectivity index (χ4v) is 3.40. The van der Waals surface area contributed by atoms with E-state index in [2.05, 4.69) is 0 Å². The molecule has 2 rings (SSSR count). The fourth-order valence-electron chi connectivity index (χ4n) is 2.15. The van der Waals surface area contributed by atoms with Crippen molar-refractivity contribution in [2.75, 3.05) is 27.4 Å². The molecule has 0 atom stereocenters. The van der Waals surface area contributed by atoms with Crippen LogP contribution in [0.25, 0.3) is 6.08 Å². The van der Waals surface area contributed by atoms with E-state index in [0.717, 1.165) is 17.3 Å². The number of thioether (sulfide) groups is 1. The topological polar surface area (TPSA) is 65.1 Å². The number of carbonyl (C=O) groups excluding carboxylic acids is 2. The van der Waals surface area contributed by atoms with Gasteiger partial charge in [0.1, 0.15) is 22.4 Å². The molecule has 26 heavy (non-hydrogen) atoms. The highest BCUT2D eigenvalue weighted by Gasteiger charge is 2.34. The quantitative estimate of drug-likeness (QED) is 0.399. The maximum absolute atomic E-state index is 12.6. The summed E-state index contributed by atoms with van der Waals surface area (Å²) in [5.74, 6) is 0.663. The molecule has 1 heterocycles. The summed E-state index contributed by atoms with van der Waals surface area (Å²) in [6.07, 6.45) is 1.69. The second-order valence-electron chi connectivity index (χ2n) is 5.95. The first-order valence-electron chi connectivity index (χ1n) is 7.98. The number of amides is 1. The van der Waals surface area contributed by atoms with E-state index in [4.69, 9.17) is 26.4 Å². The molecule has 1 amide bonds. The van der Waals surface area contributed by atoms with Crippen LogP contribution in [0.4, 0.5) is 0 Å². The van der Waals surface area contributed by atoms with Crippen molar-refractivity contribution in [1.82, 2.24) is 4.90 Å². The minimum atomic E-state index is -0.474. The van der Waals surface area contributed by atoms with Crippen LogP contribution in [0.1, 0.15) is 19.4 Å². The zero-order chi connectivity index (χ0) is 19.3. The lowest BCUT2D eigenvalue weighted by Crippen LogP contribution is -2.34. The van der Waals surface area contributed by atoms with E-state index in [-0.39, 0.29) is 18.4 Å². The van der Waals surface area contributed by atoms with E-state index in [0.29, 0.717) is 27.3 Å². The van der Waals surface area contributed by atoms with Gasteiger partial charge in [-0.1, -0.05) is 37.8 Å². The second-order valence-corrected chi connectivity index (χ2v) is 7.63. The Bertz CT molecular complexity index is 745. The molecule has 0 radical (unpaired) electrons. The summed E-state index contributed by atoms with van der Waals surface area (Å²) in [4.78, 5) is 26.2. The van der Waals surface area contributed by atoms with Crippen molar-refractivity contribution in [3.05, 3.63) is 28.7 Å². The summed E-state index contributed by atoms with van der Waals surface area (Å²) in [5.41, 5.74) is 0.719. The van der Waals surface area contributed by atoms with Gasteiger partial charge in [-0.2, -0.15) is 0 Å². The van der Waals surface area contributed by atoms with Crippen molar-refractivity contribution < 1.29 is 23.8 Å². The van der Waals surface area contributed by atoms with Crippen LogP contribution in [0.2, 0.25) is 0 Å². The maximum atomic E-state index is 12.6. The number of nitrogens with zero attached hydrogens (tertiary/aromatic N) is 1. The molecule has 0 aromatic heterocycles. The third-order valence-electron chi connectivity index (χ3n) is 3.47. The summed E-state index contributed by atoms with van der Waals surface area (Å²) in [7, 11) is 3.11. The standard InChI is InChI=1S/C18H21NO5S2/c1-11(2)10-24-16(20)9-19-17(21)15(26-18(19)25)7-12-5-6-13(22-3)8-14(12)23-4/h5-8,11H,9-10H2,1-4H3. The van der Waals surface area contributed by atoms with Gasteiger partial charge < -0.3 is 14.2 Å². The molecule has 1 aliphatic heterocycles. The minimum absolute atomic E-state index is 0.186. The van der Waals surface area contributed by atoms with Gasteiger partial charge in [0, 0.05) is 11.6 Å². The molecular weight excluding hydrogens is 374 g/mol. The van der Waals surface area contributed by atoms with Crippen LogP contribution in [0.3, 0.4) is 0 Å². The molecule has 0 saturated carbocycles. The van der Waals surface area contributed by atoms with Crippen LogP contribution < -0.4 is 9.47 Å². The van der Waals surface area contributed by atoms with Crippen LogP contribution in [-0.4, -0.2) is 48.5 Å². The van der Waals surface area contributed by atoms with Crippen molar-refractivity contribution >= 4 is 46.3 Å². The van der Waals surface area contributed by atoms with Gasteiger partial charge in [-0.25, -0.2) is 0 Å². The summed E-state index contributed by atoms with van der Waals surface area (Å²) < 4.78 is 16.0. The lowest BCUT2D eigenvalue weighted by atomic mass is 10.1. The van der Waals surface area contributed by atoms with Gasteiger partial charge in [-0.05, 0) is 24.1 Å². The number of methoxy groups -OCH3 is 2. The highest BCUT2D eigenvalue weighted by molar-refractivity contribution is 8.26. The molecular formula is C18H21NO5S2. The van der Waals surface area contributed by atoms with Gasteiger partial charge in [0.05, 0.1) is 25.7 Å². The van der Waals surface area contributed by atoms with Crippen LogP contribution in [0.15, 0.2) is 23.1 Å². The lowest BCUT2D eigenvalue weighted by Gasteiger charge is -2.14. The van der Waals surface area contributed by atoms with Gasteiger partial charge in [0.15, 0.2) is 0 Å². The monoisotopic (exact) mass is 395 g/mol. The lowest BCUT2D eigenvalue weighted by molar-refractivity contribution is -0.147. The molecule has 0 spiro atoms. The SMILES string of the molecule is COc1ccc(C=C2SC(=S)N(CC(=O)OCC(C)C)C2=O)c(OC)c1. The molecule has 1 saturated heterocycles. The van der Waals surface area contributed by atoms with Crippen LogP contribution in [0.5, 0.6) is 11.5 Å². The summed E-state index contributed by atoms with van der Waals surface area (Å²) in [5, 5.41) is 0. The van der Waals surface area contributed by atoms with Gasteiger partial charge >= 0.3 is 5.97 Å². The smallest absolute Gasteiger partial charge is 0.326 e. The first-order valence-corrected chi connectivity index (χ1v) is 9.21. The van der Waals surface area contributed by atoms with Gasteiger partial charge in [-0.3, -0.25) is 14.5 Å². The molecule has 1 fully saturated rings. The predicted octanol–water partition coefficient (Wildman–Crippen LogP) is 3.10. The molecule has 1 aromatic carbocycles. The summed E-state index contributed by atoms with van der Waals surface area (Å²) >= 11 is 6.38. The third-order valence-corrected chi connectivity index (χ3v) is 4.84. The third kappa shape index (κ3) is 4.98. The molecule has 140 valence electrons. The highest BCUT2D eigenvalue weighted by Crippen LogP contribution is 2.35. The molecule has 8 heteroatoms. The van der Waals surface area contributed by atoms with Crippen molar-refractivity contribution in [3.8, 4) is 11.5 Å². The molecule has 1 aliphatic rings. The number of carbonyl (C=O) groups is 2. The molecule has 0 bridgehead atoms. The van der Waals surface area contributed by atoms with Gasteiger partial charge in [0.2, 0.25) is 0 Å². The Morgan fingerprint density at radius 3 is 2.65 bits per heavy atom. The van der Waals surface area contributed by atoms with Gasteiger partial charge in [0.25, 0.3) is 5.91 Å². The number of thiocarbonyl (C=S) groups is 1. The van der Waals surface area contributed by atoms with Crippen molar-refractivity contribution in [3.63, 3.8) is 0 Å². The molecule has 0 unspecified atom stereocenters. The van der Waals surface area contributed by atoms with E-state index in [1.165, 1.54) is 4.90 Å². The Labute approximate surface area is 162 Å². The molecule has 1 aromatic rings. The Morgan fingerprint density at radius 2 is 2.04 bits per heavy atom. The Morgan fingerprint density at radius 1 is 1.31 bits per heavy atom. The number of esters is 1. The molecule has 0 N–H and O–H groups in total. The second kappa shape index (κ2) is 9.05. The van der Waals surface area contributed by atoms with E-state index >= 15 is 0 Å². The van der Waals surface area contributed by atoms with Crippen molar-refractivity contribution in [2.45, 2.75) is 13.8 Å². The average molecular weight is 396 g/mol. The fraction of sp³-hybridized carbons (Fsp3) is 0.389. The normalized spacial score (nSPS) is 15.7. The van der Waals surface area contributed by atoms with Crippen molar-refractivity contribution in [2.24, 2.45) is 5.92 Å². The number of ether oxygens (including phenoxy) is 3. The Balaban J connectivity index is 2.15. The first kappa shape index (κ1) is 20.3. The number of rotatable bonds is 7. The zero-order valence-corrected chi connectivity index (χ0v) is 16.7. The van der Waals surface area contributed by atoms with Gasteiger partial charge in [-0.15, -0.1) is 0 Å². The number of hydrogen-bond donors (Lipinski definition) is 0. The first-order chi connectivity index (χ1) is 12.3. The Hall–Kier alpha value is -2.06. The van der Waals surface area contributed by atoms with Crippen LogP contribution in [-0.2, 0) is 14.3 Å². The summed E-state index contributed by atoms with van der Waals surface area (Å²) in [6.45, 7) is 4.01. The van der Waals surface area contributed by atoms with Crippen LogP contribution >= 0.6 is 24.0 Å².